The number of hydrogen-bond acceptors (Lipinski definition) is 5. The van der Waals surface area contributed by atoms with Crippen molar-refractivity contribution < 1.29 is 14.4 Å². The largest absolute Gasteiger partial charge is 0.340 e. The van der Waals surface area contributed by atoms with Gasteiger partial charge in [-0.3, -0.25) is 19.1 Å². The first-order valence-corrected chi connectivity index (χ1v) is 9.52. The molecular formula is C18H22N4O3S. The van der Waals surface area contributed by atoms with Gasteiger partial charge in [0, 0.05) is 13.2 Å². The highest BCUT2D eigenvalue weighted by Gasteiger charge is 2.27. The Labute approximate surface area is 155 Å². The average molecular weight is 374 g/mol. The van der Waals surface area contributed by atoms with Gasteiger partial charge in [-0.05, 0) is 24.5 Å². The molecule has 2 N–H and O–H groups in total. The lowest BCUT2D eigenvalue weighted by atomic mass is 9.97. The molecule has 0 unspecified atom stereocenters. The van der Waals surface area contributed by atoms with Crippen molar-refractivity contribution in [1.29, 1.82) is 0 Å². The quantitative estimate of drug-likeness (QED) is 0.729. The lowest BCUT2D eigenvalue weighted by Gasteiger charge is -2.21. The summed E-state index contributed by atoms with van der Waals surface area (Å²) >= 11 is 1.12. The van der Waals surface area contributed by atoms with E-state index in [1.165, 1.54) is 12.8 Å². The highest BCUT2D eigenvalue weighted by molar-refractivity contribution is 7.15. The Kier molecular flexibility index (Phi) is 5.82. The molecule has 1 fully saturated rings. The van der Waals surface area contributed by atoms with Crippen molar-refractivity contribution in [2.24, 2.45) is 13.0 Å². The summed E-state index contributed by atoms with van der Waals surface area (Å²) in [6.45, 7) is 0. The molecule has 1 saturated carbocycles. The van der Waals surface area contributed by atoms with Crippen molar-refractivity contribution in [3.05, 3.63) is 34.3 Å². The van der Waals surface area contributed by atoms with Crippen LogP contribution >= 0.6 is 11.3 Å². The molecule has 1 aliphatic carbocycles. The van der Waals surface area contributed by atoms with Crippen LogP contribution in [-0.2, 0) is 11.8 Å². The maximum absolute atomic E-state index is 12.7. The molecule has 8 heteroatoms. The predicted octanol–water partition coefficient (Wildman–Crippen LogP) is 2.61. The minimum atomic E-state index is -0.618. The SMILES string of the molecule is Cn1cc(NC(=O)[C@H](CC2CCCC2)NC(=O)c2ccc(C=O)s2)cn1. The van der Waals surface area contributed by atoms with Crippen molar-refractivity contribution in [2.45, 2.75) is 38.1 Å². The van der Waals surface area contributed by atoms with Crippen LogP contribution in [-0.4, -0.2) is 33.9 Å². The van der Waals surface area contributed by atoms with Gasteiger partial charge in [-0.15, -0.1) is 11.3 Å². The average Bonchev–Trinajstić information content (AvgIpc) is 3.36. The van der Waals surface area contributed by atoms with E-state index in [0.717, 1.165) is 24.2 Å². The second-order valence-electron chi connectivity index (χ2n) is 6.62. The molecule has 0 aromatic carbocycles. The first kappa shape index (κ1) is 18.3. The predicted molar refractivity (Wildman–Crippen MR) is 99.4 cm³/mol. The fourth-order valence-electron chi connectivity index (χ4n) is 3.29. The maximum atomic E-state index is 12.7. The van der Waals surface area contributed by atoms with Gasteiger partial charge >= 0.3 is 0 Å². The summed E-state index contributed by atoms with van der Waals surface area (Å²) in [5, 5.41) is 9.70. The molecule has 138 valence electrons. The van der Waals surface area contributed by atoms with Gasteiger partial charge in [-0.25, -0.2) is 0 Å². The third-order valence-electron chi connectivity index (χ3n) is 4.60. The van der Waals surface area contributed by atoms with E-state index in [2.05, 4.69) is 15.7 Å². The Morgan fingerprint density at radius 1 is 1.38 bits per heavy atom. The molecule has 2 aromatic heterocycles. The molecule has 0 saturated heterocycles. The van der Waals surface area contributed by atoms with Crippen LogP contribution in [0.2, 0.25) is 0 Å². The lowest BCUT2D eigenvalue weighted by Crippen LogP contribution is -2.44. The normalized spacial score (nSPS) is 15.6. The van der Waals surface area contributed by atoms with Crippen molar-refractivity contribution in [2.75, 3.05) is 5.32 Å². The number of anilines is 1. The third-order valence-corrected chi connectivity index (χ3v) is 5.61. The first-order valence-electron chi connectivity index (χ1n) is 8.70. The van der Waals surface area contributed by atoms with Crippen LogP contribution in [0, 0.1) is 5.92 Å². The number of amides is 2. The van der Waals surface area contributed by atoms with E-state index < -0.39 is 6.04 Å². The van der Waals surface area contributed by atoms with Gasteiger partial charge in [0.2, 0.25) is 5.91 Å². The number of nitrogens with zero attached hydrogens (tertiary/aromatic N) is 2. The van der Waals surface area contributed by atoms with Crippen LogP contribution in [0.25, 0.3) is 0 Å². The number of carbonyl (C=O) groups excluding carboxylic acids is 3. The Morgan fingerprint density at radius 3 is 2.77 bits per heavy atom. The van der Waals surface area contributed by atoms with Crippen LogP contribution in [0.4, 0.5) is 5.69 Å². The molecule has 2 heterocycles. The molecule has 2 aromatic rings. The second-order valence-corrected chi connectivity index (χ2v) is 7.74. The second kappa shape index (κ2) is 8.27. The van der Waals surface area contributed by atoms with E-state index in [1.807, 2.05) is 0 Å². The highest BCUT2D eigenvalue weighted by atomic mass is 32.1. The van der Waals surface area contributed by atoms with E-state index in [9.17, 15) is 14.4 Å². The molecule has 1 atom stereocenters. The van der Waals surface area contributed by atoms with Crippen LogP contribution in [0.3, 0.4) is 0 Å². The molecule has 0 spiro atoms. The summed E-state index contributed by atoms with van der Waals surface area (Å²) in [5.41, 5.74) is 0.600. The number of aromatic nitrogens is 2. The molecule has 3 rings (SSSR count). The Morgan fingerprint density at radius 2 is 2.15 bits per heavy atom. The minimum absolute atomic E-state index is 0.245. The summed E-state index contributed by atoms with van der Waals surface area (Å²) in [6, 6.07) is 2.59. The zero-order chi connectivity index (χ0) is 18.5. The number of aldehydes is 1. The summed E-state index contributed by atoms with van der Waals surface area (Å²) in [7, 11) is 1.77. The Hall–Kier alpha value is -2.48. The van der Waals surface area contributed by atoms with Crippen LogP contribution < -0.4 is 10.6 Å². The fourth-order valence-corrected chi connectivity index (χ4v) is 4.02. The Balaban J connectivity index is 1.69. The van der Waals surface area contributed by atoms with Crippen molar-refractivity contribution >= 4 is 35.1 Å². The van der Waals surface area contributed by atoms with Gasteiger partial charge in [-0.2, -0.15) is 5.10 Å². The van der Waals surface area contributed by atoms with Gasteiger partial charge in [0.15, 0.2) is 6.29 Å². The smallest absolute Gasteiger partial charge is 0.262 e. The monoisotopic (exact) mass is 374 g/mol. The van der Waals surface area contributed by atoms with Crippen molar-refractivity contribution in [1.82, 2.24) is 15.1 Å². The van der Waals surface area contributed by atoms with E-state index in [0.29, 0.717) is 34.1 Å². The van der Waals surface area contributed by atoms with Gasteiger partial charge in [-0.1, -0.05) is 25.7 Å². The number of nitrogens with one attached hydrogen (secondary N) is 2. The molecular weight excluding hydrogens is 352 g/mol. The van der Waals surface area contributed by atoms with Gasteiger partial charge in [0.05, 0.1) is 21.6 Å². The number of rotatable bonds is 7. The minimum Gasteiger partial charge on any atom is -0.340 e. The highest BCUT2D eigenvalue weighted by Crippen LogP contribution is 2.29. The third kappa shape index (κ3) is 4.57. The van der Waals surface area contributed by atoms with E-state index in [1.54, 1.807) is 36.3 Å². The zero-order valence-corrected chi connectivity index (χ0v) is 15.4. The van der Waals surface area contributed by atoms with Crippen molar-refractivity contribution in [3.8, 4) is 0 Å². The van der Waals surface area contributed by atoms with Crippen LogP contribution in [0.5, 0.6) is 0 Å². The van der Waals surface area contributed by atoms with E-state index in [4.69, 9.17) is 0 Å². The van der Waals surface area contributed by atoms with Gasteiger partial charge in [0.1, 0.15) is 6.04 Å². The topological polar surface area (TPSA) is 93.1 Å². The molecule has 7 nitrogen and oxygen atoms in total. The summed E-state index contributed by atoms with van der Waals surface area (Å²) in [4.78, 5) is 37.0. The molecule has 26 heavy (non-hydrogen) atoms. The fraction of sp³-hybridized carbons (Fsp3) is 0.444. The number of aryl methyl sites for hydroxylation is 1. The van der Waals surface area contributed by atoms with E-state index in [-0.39, 0.29) is 11.8 Å². The molecule has 0 radical (unpaired) electrons. The Bertz CT molecular complexity index is 792. The maximum Gasteiger partial charge on any atom is 0.262 e. The molecule has 0 bridgehead atoms. The molecule has 1 aliphatic rings. The number of carbonyl (C=O) groups is 3. The molecule has 2 amide bonds. The van der Waals surface area contributed by atoms with E-state index >= 15 is 0 Å². The lowest BCUT2D eigenvalue weighted by molar-refractivity contribution is -0.118. The first-order chi connectivity index (χ1) is 12.5. The number of hydrogen-bond donors (Lipinski definition) is 2. The number of thiophene rings is 1. The zero-order valence-electron chi connectivity index (χ0n) is 14.6. The summed E-state index contributed by atoms with van der Waals surface area (Å²) in [5.74, 6) is -0.133. The van der Waals surface area contributed by atoms with Gasteiger partial charge in [0.25, 0.3) is 5.91 Å². The standard InChI is InChI=1S/C18H22N4O3S/c1-22-10-13(9-19-22)20-17(24)15(8-12-4-2-3-5-12)21-18(25)16-7-6-14(11-23)26-16/h6-7,9-12,15H,2-5,8H2,1H3,(H,20,24)(H,21,25)/t15-/m0/s1. The van der Waals surface area contributed by atoms with Crippen molar-refractivity contribution in [3.63, 3.8) is 0 Å². The summed E-state index contributed by atoms with van der Waals surface area (Å²) in [6.07, 6.45) is 9.12. The van der Waals surface area contributed by atoms with Crippen LogP contribution in [0.1, 0.15) is 51.4 Å². The summed E-state index contributed by atoms with van der Waals surface area (Å²) < 4.78 is 1.60. The molecule has 0 aliphatic heterocycles. The van der Waals surface area contributed by atoms with Gasteiger partial charge < -0.3 is 10.6 Å². The van der Waals surface area contributed by atoms with Crippen LogP contribution in [0.15, 0.2) is 24.5 Å².